The molecule has 8 heteroatoms. The highest BCUT2D eigenvalue weighted by Gasteiger charge is 2.20. The van der Waals surface area contributed by atoms with Crippen molar-refractivity contribution in [3.63, 3.8) is 0 Å². The molecule has 0 aliphatic rings. The molecule has 2 rings (SSSR count). The molecule has 1 heterocycles. The SMILES string of the molecule is Cc1cccc(NS(=O)(=O)c2cnccc2NN)c1C#N. The highest BCUT2D eigenvalue weighted by Crippen LogP contribution is 2.25. The highest BCUT2D eigenvalue weighted by molar-refractivity contribution is 7.92. The lowest BCUT2D eigenvalue weighted by molar-refractivity contribution is 0.601. The van der Waals surface area contributed by atoms with Crippen molar-refractivity contribution in [2.24, 2.45) is 5.84 Å². The molecule has 0 fully saturated rings. The van der Waals surface area contributed by atoms with Gasteiger partial charge in [0.2, 0.25) is 0 Å². The molecule has 7 nitrogen and oxygen atoms in total. The molecule has 0 aliphatic heterocycles. The molecule has 4 N–H and O–H groups in total. The van der Waals surface area contributed by atoms with Crippen LogP contribution < -0.4 is 16.0 Å². The number of pyridine rings is 1. The summed E-state index contributed by atoms with van der Waals surface area (Å²) in [5.74, 6) is 5.30. The van der Waals surface area contributed by atoms with Gasteiger partial charge in [0.1, 0.15) is 11.0 Å². The fourth-order valence-corrected chi connectivity index (χ4v) is 3.00. The molecule has 0 amide bonds. The molecule has 0 aliphatic carbocycles. The predicted octanol–water partition coefficient (Wildman–Crippen LogP) is 1.35. The van der Waals surface area contributed by atoms with E-state index in [4.69, 9.17) is 11.1 Å². The lowest BCUT2D eigenvalue weighted by Gasteiger charge is -2.13. The Morgan fingerprint density at radius 2 is 2.05 bits per heavy atom. The highest BCUT2D eigenvalue weighted by atomic mass is 32.2. The first-order valence-electron chi connectivity index (χ1n) is 5.92. The minimum absolute atomic E-state index is 0.0992. The van der Waals surface area contributed by atoms with Crippen LogP contribution in [0, 0.1) is 18.3 Å². The van der Waals surface area contributed by atoms with Crippen molar-refractivity contribution in [3.05, 3.63) is 47.8 Å². The van der Waals surface area contributed by atoms with Gasteiger partial charge >= 0.3 is 0 Å². The Balaban J connectivity index is 2.48. The van der Waals surface area contributed by atoms with Gasteiger partial charge in [0, 0.05) is 12.4 Å². The van der Waals surface area contributed by atoms with E-state index in [1.807, 2.05) is 6.07 Å². The van der Waals surface area contributed by atoms with Crippen LogP contribution in [0.4, 0.5) is 11.4 Å². The number of hydrazine groups is 1. The average molecular weight is 303 g/mol. The smallest absolute Gasteiger partial charge is 0.265 e. The molecule has 0 atom stereocenters. The second-order valence-corrected chi connectivity index (χ2v) is 5.88. The number of hydrogen-bond acceptors (Lipinski definition) is 6. The first-order valence-corrected chi connectivity index (χ1v) is 7.41. The van der Waals surface area contributed by atoms with E-state index in [1.54, 1.807) is 19.1 Å². The summed E-state index contributed by atoms with van der Waals surface area (Å²) in [6.07, 6.45) is 2.60. The van der Waals surface area contributed by atoms with Gasteiger partial charge in [-0.15, -0.1) is 0 Å². The maximum atomic E-state index is 12.4. The number of aromatic nitrogens is 1. The summed E-state index contributed by atoms with van der Waals surface area (Å²) in [6.45, 7) is 1.73. The molecule has 21 heavy (non-hydrogen) atoms. The van der Waals surface area contributed by atoms with Crippen LogP contribution in [-0.4, -0.2) is 13.4 Å². The molecular weight excluding hydrogens is 290 g/mol. The summed E-state index contributed by atoms with van der Waals surface area (Å²) < 4.78 is 27.2. The van der Waals surface area contributed by atoms with Crippen LogP contribution in [0.2, 0.25) is 0 Å². The third kappa shape index (κ3) is 2.94. The van der Waals surface area contributed by atoms with Crippen molar-refractivity contribution >= 4 is 21.4 Å². The van der Waals surface area contributed by atoms with Crippen molar-refractivity contribution in [1.29, 1.82) is 5.26 Å². The van der Waals surface area contributed by atoms with Gasteiger partial charge < -0.3 is 5.43 Å². The maximum Gasteiger partial charge on any atom is 0.265 e. The van der Waals surface area contributed by atoms with Crippen LogP contribution in [-0.2, 0) is 10.0 Å². The molecule has 0 radical (unpaired) electrons. The van der Waals surface area contributed by atoms with Gasteiger partial charge in [-0.1, -0.05) is 12.1 Å². The number of sulfonamides is 1. The average Bonchev–Trinajstić information content (AvgIpc) is 2.47. The summed E-state index contributed by atoms with van der Waals surface area (Å²) in [6, 6.07) is 8.34. The molecule has 0 saturated heterocycles. The Bertz CT molecular complexity index is 812. The van der Waals surface area contributed by atoms with Crippen LogP contribution in [0.3, 0.4) is 0 Å². The van der Waals surface area contributed by atoms with Crippen LogP contribution in [0.15, 0.2) is 41.6 Å². The van der Waals surface area contributed by atoms with Gasteiger partial charge in [-0.05, 0) is 24.6 Å². The number of nitriles is 1. The number of nitrogens with two attached hydrogens (primary N) is 1. The minimum Gasteiger partial charge on any atom is -0.323 e. The zero-order valence-corrected chi connectivity index (χ0v) is 12.0. The van der Waals surface area contributed by atoms with Gasteiger partial charge in [-0.2, -0.15) is 5.26 Å². The van der Waals surface area contributed by atoms with E-state index in [9.17, 15) is 8.42 Å². The van der Waals surface area contributed by atoms with Crippen LogP contribution >= 0.6 is 0 Å². The summed E-state index contributed by atoms with van der Waals surface area (Å²) in [7, 11) is -3.91. The second kappa shape index (κ2) is 5.78. The lowest BCUT2D eigenvalue weighted by Crippen LogP contribution is -2.18. The van der Waals surface area contributed by atoms with Crippen molar-refractivity contribution in [2.45, 2.75) is 11.8 Å². The van der Waals surface area contributed by atoms with E-state index in [1.165, 1.54) is 24.5 Å². The molecule has 0 unspecified atom stereocenters. The van der Waals surface area contributed by atoms with Crippen molar-refractivity contribution < 1.29 is 8.42 Å². The van der Waals surface area contributed by atoms with Gasteiger partial charge in [0.25, 0.3) is 10.0 Å². The molecule has 1 aromatic heterocycles. The molecule has 0 spiro atoms. The standard InChI is InChI=1S/C13H13N5O2S/c1-9-3-2-4-11(10(9)7-14)18-21(19,20)13-8-16-6-5-12(13)17-15/h2-6,8,18H,15H2,1H3,(H,16,17). The molecule has 0 bridgehead atoms. The molecule has 1 aromatic carbocycles. The van der Waals surface area contributed by atoms with E-state index < -0.39 is 10.0 Å². The quantitative estimate of drug-likeness (QED) is 0.579. The number of nitrogens with one attached hydrogen (secondary N) is 2. The number of benzene rings is 1. The Labute approximate surface area is 122 Å². The summed E-state index contributed by atoms with van der Waals surface area (Å²) in [5, 5.41) is 9.14. The second-order valence-electron chi connectivity index (χ2n) is 4.23. The van der Waals surface area contributed by atoms with Crippen LogP contribution in [0.5, 0.6) is 0 Å². The molecule has 0 saturated carbocycles. The summed E-state index contributed by atoms with van der Waals surface area (Å²) in [4.78, 5) is 3.68. The summed E-state index contributed by atoms with van der Waals surface area (Å²) >= 11 is 0. The largest absolute Gasteiger partial charge is 0.323 e. The lowest BCUT2D eigenvalue weighted by atomic mass is 10.1. The number of aryl methyl sites for hydroxylation is 1. The maximum absolute atomic E-state index is 12.4. The Hall–Kier alpha value is -2.63. The number of anilines is 2. The van der Waals surface area contributed by atoms with Gasteiger partial charge in [-0.3, -0.25) is 15.5 Å². The Morgan fingerprint density at radius 1 is 1.29 bits per heavy atom. The van der Waals surface area contributed by atoms with E-state index in [2.05, 4.69) is 15.1 Å². The third-order valence-electron chi connectivity index (χ3n) is 2.86. The monoisotopic (exact) mass is 303 g/mol. The Morgan fingerprint density at radius 3 is 2.71 bits per heavy atom. The van der Waals surface area contributed by atoms with E-state index >= 15 is 0 Å². The molecule has 2 aromatic rings. The number of rotatable bonds is 4. The fourth-order valence-electron chi connectivity index (χ4n) is 1.81. The first-order chi connectivity index (χ1) is 9.99. The zero-order valence-electron chi connectivity index (χ0n) is 11.2. The number of nitrogen functional groups attached to an aromatic ring is 1. The molecular formula is C13H13N5O2S. The van der Waals surface area contributed by atoms with Gasteiger partial charge in [-0.25, -0.2) is 8.42 Å². The third-order valence-corrected chi connectivity index (χ3v) is 4.25. The summed E-state index contributed by atoms with van der Waals surface area (Å²) in [5.41, 5.74) is 3.68. The number of nitrogens with zero attached hydrogens (tertiary/aromatic N) is 2. The van der Waals surface area contributed by atoms with Crippen molar-refractivity contribution in [3.8, 4) is 6.07 Å². The normalized spacial score (nSPS) is 10.7. The fraction of sp³-hybridized carbons (Fsp3) is 0.0769. The van der Waals surface area contributed by atoms with Crippen molar-refractivity contribution in [2.75, 3.05) is 10.1 Å². The van der Waals surface area contributed by atoms with Crippen molar-refractivity contribution in [1.82, 2.24) is 4.98 Å². The first kappa shape index (κ1) is 14.8. The van der Waals surface area contributed by atoms with Crippen LogP contribution in [0.1, 0.15) is 11.1 Å². The van der Waals surface area contributed by atoms with Gasteiger partial charge in [0.15, 0.2) is 0 Å². The minimum atomic E-state index is -3.91. The zero-order chi connectivity index (χ0) is 15.5. The van der Waals surface area contributed by atoms with E-state index in [-0.39, 0.29) is 21.8 Å². The van der Waals surface area contributed by atoms with E-state index in [0.29, 0.717) is 5.56 Å². The Kier molecular flexibility index (Phi) is 4.07. The molecule has 108 valence electrons. The van der Waals surface area contributed by atoms with Gasteiger partial charge in [0.05, 0.1) is 16.9 Å². The number of hydrogen-bond donors (Lipinski definition) is 3. The predicted molar refractivity (Wildman–Crippen MR) is 78.7 cm³/mol. The van der Waals surface area contributed by atoms with E-state index in [0.717, 1.165) is 0 Å². The topological polar surface area (TPSA) is 121 Å². The van der Waals surface area contributed by atoms with Crippen LogP contribution in [0.25, 0.3) is 0 Å².